The molecule has 0 bridgehead atoms. The third-order valence-corrected chi connectivity index (χ3v) is 3.53. The minimum Gasteiger partial charge on any atom is -0.493 e. The molecule has 0 fully saturated rings. The van der Waals surface area contributed by atoms with Crippen LogP contribution >= 0.6 is 11.6 Å². The molecule has 0 saturated carbocycles. The van der Waals surface area contributed by atoms with E-state index in [9.17, 15) is 9.59 Å². The Morgan fingerprint density at radius 3 is 2.38 bits per heavy atom. The van der Waals surface area contributed by atoms with Gasteiger partial charge < -0.3 is 24.3 Å². The van der Waals surface area contributed by atoms with Gasteiger partial charge in [0.15, 0.2) is 24.7 Å². The standard InChI is InChI=1S/C18H18ClNO6/c1-23-15-8-7-12(9-16(15)24-2)20-17(21)10-26-18(22)11-25-14-6-4-3-5-13(14)19/h3-9H,10-11H2,1-2H3,(H,20,21). The molecular formula is C18H18ClNO6. The zero-order chi connectivity index (χ0) is 18.9. The molecule has 0 heterocycles. The number of carbonyl (C=O) groups excluding carboxylic acids is 2. The Bertz CT molecular complexity index is 780. The summed E-state index contributed by atoms with van der Waals surface area (Å²) >= 11 is 5.91. The minimum absolute atomic E-state index is 0.354. The van der Waals surface area contributed by atoms with Gasteiger partial charge in [0.1, 0.15) is 5.75 Å². The molecule has 0 aliphatic rings. The Balaban J connectivity index is 1.79. The average molecular weight is 380 g/mol. The molecule has 138 valence electrons. The Labute approximate surface area is 155 Å². The Morgan fingerprint density at radius 2 is 1.69 bits per heavy atom. The van der Waals surface area contributed by atoms with E-state index in [1.54, 1.807) is 42.5 Å². The first-order valence-corrected chi connectivity index (χ1v) is 7.96. The lowest BCUT2D eigenvalue weighted by Crippen LogP contribution is -2.23. The maximum atomic E-state index is 11.9. The van der Waals surface area contributed by atoms with E-state index in [1.807, 2.05) is 0 Å². The van der Waals surface area contributed by atoms with Crippen LogP contribution in [-0.2, 0) is 14.3 Å². The van der Waals surface area contributed by atoms with Gasteiger partial charge in [-0.05, 0) is 24.3 Å². The summed E-state index contributed by atoms with van der Waals surface area (Å²) in [6.07, 6.45) is 0. The lowest BCUT2D eigenvalue weighted by atomic mass is 10.2. The molecule has 1 amide bonds. The van der Waals surface area contributed by atoms with Gasteiger partial charge in [0.05, 0.1) is 19.2 Å². The summed E-state index contributed by atoms with van der Waals surface area (Å²) in [5, 5.41) is 2.97. The summed E-state index contributed by atoms with van der Waals surface area (Å²) in [6.45, 7) is -0.799. The quantitative estimate of drug-likeness (QED) is 0.710. The molecule has 0 spiro atoms. The number of amides is 1. The van der Waals surface area contributed by atoms with Crippen molar-refractivity contribution >= 4 is 29.2 Å². The lowest BCUT2D eigenvalue weighted by Gasteiger charge is -2.11. The molecule has 2 rings (SSSR count). The molecule has 0 aromatic heterocycles. The summed E-state index contributed by atoms with van der Waals surface area (Å²) < 4.78 is 20.4. The highest BCUT2D eigenvalue weighted by Crippen LogP contribution is 2.29. The number of esters is 1. The van der Waals surface area contributed by atoms with Crippen molar-refractivity contribution in [2.75, 3.05) is 32.8 Å². The van der Waals surface area contributed by atoms with E-state index in [-0.39, 0.29) is 6.61 Å². The summed E-state index contributed by atoms with van der Waals surface area (Å²) in [6, 6.07) is 11.6. The van der Waals surface area contributed by atoms with Gasteiger partial charge in [0.25, 0.3) is 5.91 Å². The predicted molar refractivity (Wildman–Crippen MR) is 96.1 cm³/mol. The number of ether oxygens (including phenoxy) is 4. The SMILES string of the molecule is COc1ccc(NC(=O)COC(=O)COc2ccccc2Cl)cc1OC. The van der Waals surface area contributed by atoms with E-state index in [0.29, 0.717) is 28.0 Å². The van der Waals surface area contributed by atoms with E-state index in [0.717, 1.165) is 0 Å². The number of benzene rings is 2. The maximum Gasteiger partial charge on any atom is 0.344 e. The largest absolute Gasteiger partial charge is 0.493 e. The molecule has 0 aliphatic heterocycles. The molecule has 0 saturated heterocycles. The Hall–Kier alpha value is -2.93. The number of hydrogen-bond donors (Lipinski definition) is 1. The maximum absolute atomic E-state index is 11.9. The molecule has 8 heteroatoms. The van der Waals surface area contributed by atoms with Crippen LogP contribution in [0, 0.1) is 0 Å². The number of halogens is 1. The second kappa shape index (κ2) is 9.53. The van der Waals surface area contributed by atoms with Crippen LogP contribution in [0.25, 0.3) is 0 Å². The lowest BCUT2D eigenvalue weighted by molar-refractivity contribution is -0.149. The van der Waals surface area contributed by atoms with E-state index < -0.39 is 18.5 Å². The Kier molecular flexibility index (Phi) is 7.11. The molecule has 0 atom stereocenters. The van der Waals surface area contributed by atoms with Crippen LogP contribution < -0.4 is 19.5 Å². The van der Waals surface area contributed by atoms with Crippen LogP contribution in [0.4, 0.5) is 5.69 Å². The summed E-state index contributed by atoms with van der Waals surface area (Å²) in [7, 11) is 3.00. The van der Waals surface area contributed by atoms with Crippen molar-refractivity contribution in [2.24, 2.45) is 0 Å². The van der Waals surface area contributed by atoms with Crippen LogP contribution in [0.5, 0.6) is 17.2 Å². The zero-order valence-electron chi connectivity index (χ0n) is 14.3. The average Bonchev–Trinajstić information content (AvgIpc) is 2.65. The second-order valence-electron chi connectivity index (χ2n) is 5.00. The summed E-state index contributed by atoms with van der Waals surface area (Å²) in [4.78, 5) is 23.5. The molecular weight excluding hydrogens is 362 g/mol. The normalized spacial score (nSPS) is 9.96. The smallest absolute Gasteiger partial charge is 0.344 e. The predicted octanol–water partition coefficient (Wildman–Crippen LogP) is 2.92. The van der Waals surface area contributed by atoms with Gasteiger partial charge in [-0.3, -0.25) is 4.79 Å². The number of methoxy groups -OCH3 is 2. The fourth-order valence-electron chi connectivity index (χ4n) is 2.00. The molecule has 0 radical (unpaired) electrons. The molecule has 0 unspecified atom stereocenters. The molecule has 0 aliphatic carbocycles. The van der Waals surface area contributed by atoms with E-state index in [4.69, 9.17) is 30.5 Å². The highest BCUT2D eigenvalue weighted by atomic mass is 35.5. The van der Waals surface area contributed by atoms with Crippen LogP contribution in [-0.4, -0.2) is 39.3 Å². The van der Waals surface area contributed by atoms with Crippen molar-refractivity contribution < 1.29 is 28.5 Å². The van der Waals surface area contributed by atoms with E-state index in [2.05, 4.69) is 5.32 Å². The molecule has 7 nitrogen and oxygen atoms in total. The number of para-hydroxylation sites is 1. The molecule has 2 aromatic rings. The van der Waals surface area contributed by atoms with Gasteiger partial charge in [-0.15, -0.1) is 0 Å². The number of nitrogens with one attached hydrogen (secondary N) is 1. The second-order valence-corrected chi connectivity index (χ2v) is 5.40. The third kappa shape index (κ3) is 5.56. The highest BCUT2D eigenvalue weighted by Gasteiger charge is 2.11. The van der Waals surface area contributed by atoms with Crippen LogP contribution in [0.1, 0.15) is 0 Å². The fraction of sp³-hybridized carbons (Fsp3) is 0.222. The monoisotopic (exact) mass is 379 g/mol. The number of carbonyl (C=O) groups is 2. The van der Waals surface area contributed by atoms with Crippen LogP contribution in [0.15, 0.2) is 42.5 Å². The van der Waals surface area contributed by atoms with Crippen LogP contribution in [0.2, 0.25) is 5.02 Å². The topological polar surface area (TPSA) is 83.1 Å². The number of anilines is 1. The zero-order valence-corrected chi connectivity index (χ0v) is 15.0. The number of rotatable bonds is 8. The summed E-state index contributed by atoms with van der Waals surface area (Å²) in [5.41, 5.74) is 0.482. The van der Waals surface area contributed by atoms with Gasteiger partial charge in [-0.2, -0.15) is 0 Å². The van der Waals surface area contributed by atoms with E-state index >= 15 is 0 Å². The molecule has 2 aromatic carbocycles. The van der Waals surface area contributed by atoms with Crippen molar-refractivity contribution in [1.29, 1.82) is 0 Å². The van der Waals surface area contributed by atoms with Gasteiger partial charge in [-0.1, -0.05) is 23.7 Å². The van der Waals surface area contributed by atoms with Gasteiger partial charge in [0.2, 0.25) is 0 Å². The van der Waals surface area contributed by atoms with Crippen LogP contribution in [0.3, 0.4) is 0 Å². The third-order valence-electron chi connectivity index (χ3n) is 3.21. The van der Waals surface area contributed by atoms with Crippen molar-refractivity contribution in [3.63, 3.8) is 0 Å². The fourth-order valence-corrected chi connectivity index (χ4v) is 2.19. The van der Waals surface area contributed by atoms with Crippen molar-refractivity contribution in [2.45, 2.75) is 0 Å². The first kappa shape index (κ1) is 19.4. The van der Waals surface area contributed by atoms with Gasteiger partial charge in [-0.25, -0.2) is 4.79 Å². The van der Waals surface area contributed by atoms with Gasteiger partial charge >= 0.3 is 5.97 Å². The number of hydrogen-bond acceptors (Lipinski definition) is 6. The molecule has 26 heavy (non-hydrogen) atoms. The summed E-state index contributed by atoms with van der Waals surface area (Å²) in [5.74, 6) is 0.181. The van der Waals surface area contributed by atoms with Gasteiger partial charge in [0, 0.05) is 11.8 Å². The minimum atomic E-state index is -0.688. The Morgan fingerprint density at radius 1 is 0.962 bits per heavy atom. The van der Waals surface area contributed by atoms with Crippen molar-refractivity contribution in [3.8, 4) is 17.2 Å². The molecule has 1 N–H and O–H groups in total. The first-order chi connectivity index (χ1) is 12.5. The van der Waals surface area contributed by atoms with E-state index in [1.165, 1.54) is 14.2 Å². The van der Waals surface area contributed by atoms with Crippen molar-refractivity contribution in [3.05, 3.63) is 47.5 Å². The highest BCUT2D eigenvalue weighted by molar-refractivity contribution is 6.32. The first-order valence-electron chi connectivity index (χ1n) is 7.58. The van der Waals surface area contributed by atoms with Crippen molar-refractivity contribution in [1.82, 2.24) is 0 Å².